The van der Waals surface area contributed by atoms with E-state index in [-0.39, 0.29) is 11.1 Å². The van der Waals surface area contributed by atoms with Crippen LogP contribution in [0, 0.1) is 0 Å². The van der Waals surface area contributed by atoms with E-state index in [2.05, 4.69) is 5.10 Å². The van der Waals surface area contributed by atoms with Crippen LogP contribution in [-0.2, 0) is 12.6 Å². The maximum Gasteiger partial charge on any atom is 0.425 e. The Balaban J connectivity index is 1.74. The van der Waals surface area contributed by atoms with E-state index in [9.17, 15) is 18.3 Å². The summed E-state index contributed by atoms with van der Waals surface area (Å²) in [5.74, 6) is 0. The number of hydrogen-bond donors (Lipinski definition) is 1. The molecule has 3 heterocycles. The van der Waals surface area contributed by atoms with E-state index in [4.69, 9.17) is 0 Å². The Morgan fingerprint density at radius 3 is 2.57 bits per heavy atom. The van der Waals surface area contributed by atoms with Gasteiger partial charge in [0.2, 0.25) is 5.60 Å². The monoisotopic (exact) mass is 427 g/mol. The summed E-state index contributed by atoms with van der Waals surface area (Å²) in [5.41, 5.74) is -1.49. The van der Waals surface area contributed by atoms with Gasteiger partial charge in [0.25, 0.3) is 0 Å². The van der Waals surface area contributed by atoms with Gasteiger partial charge in [-0.05, 0) is 35.2 Å². The van der Waals surface area contributed by atoms with Crippen molar-refractivity contribution in [1.29, 1.82) is 0 Å². The zero-order chi connectivity index (χ0) is 21.1. The lowest BCUT2D eigenvalue weighted by Crippen LogP contribution is -2.43. The summed E-state index contributed by atoms with van der Waals surface area (Å²) in [5, 5.41) is 20.2. The molecule has 0 saturated heterocycles. The SMILES string of the molecule is Cn1cc(C(O)(c2ccc3c(cnn3-c3ccsc3)c2)C(F)(F)F)c2ccccc21. The predicted molar refractivity (Wildman–Crippen MR) is 111 cm³/mol. The summed E-state index contributed by atoms with van der Waals surface area (Å²) in [4.78, 5) is 0. The van der Waals surface area contributed by atoms with Crippen LogP contribution in [-0.4, -0.2) is 25.6 Å². The third-order valence-electron chi connectivity index (χ3n) is 5.43. The second kappa shape index (κ2) is 6.45. The minimum absolute atomic E-state index is 0.197. The minimum atomic E-state index is -4.92. The molecule has 2 aromatic carbocycles. The molecule has 0 bridgehead atoms. The third-order valence-corrected chi connectivity index (χ3v) is 6.10. The van der Waals surface area contributed by atoms with E-state index >= 15 is 0 Å². The molecule has 0 aliphatic carbocycles. The molecule has 1 unspecified atom stereocenters. The van der Waals surface area contributed by atoms with Crippen molar-refractivity contribution in [3.05, 3.63) is 82.8 Å². The van der Waals surface area contributed by atoms with Crippen molar-refractivity contribution in [3.63, 3.8) is 0 Å². The fourth-order valence-corrected chi connectivity index (χ4v) is 4.56. The summed E-state index contributed by atoms with van der Waals surface area (Å²) in [6.45, 7) is 0. The molecule has 8 heteroatoms. The van der Waals surface area contributed by atoms with Gasteiger partial charge in [-0.15, -0.1) is 0 Å². The molecule has 0 spiro atoms. The standard InChI is InChI=1S/C22H16F3N3OS/c1-27-12-18(17-4-2-3-5-20(17)27)21(29,22(23,24)25)15-6-7-19-14(10-15)11-26-28(19)16-8-9-30-13-16/h2-13,29H,1H3. The topological polar surface area (TPSA) is 43.0 Å². The summed E-state index contributed by atoms with van der Waals surface area (Å²) < 4.78 is 46.3. The molecule has 1 N–H and O–H groups in total. The van der Waals surface area contributed by atoms with Gasteiger partial charge in [0, 0.05) is 40.5 Å². The number of fused-ring (bicyclic) bond motifs is 2. The molecule has 0 radical (unpaired) electrons. The van der Waals surface area contributed by atoms with Crippen LogP contribution in [0.25, 0.3) is 27.5 Å². The number of aryl methyl sites for hydroxylation is 1. The third kappa shape index (κ3) is 2.60. The van der Waals surface area contributed by atoms with Crippen molar-refractivity contribution < 1.29 is 18.3 Å². The van der Waals surface area contributed by atoms with Crippen LogP contribution in [0.5, 0.6) is 0 Å². The molecule has 0 aliphatic rings. The van der Waals surface area contributed by atoms with Crippen LogP contribution in [0.4, 0.5) is 13.2 Å². The number of hydrogen-bond acceptors (Lipinski definition) is 3. The first-order chi connectivity index (χ1) is 14.3. The molecule has 3 aromatic heterocycles. The summed E-state index contributed by atoms with van der Waals surface area (Å²) >= 11 is 1.51. The van der Waals surface area contributed by atoms with Crippen LogP contribution in [0.3, 0.4) is 0 Å². The van der Waals surface area contributed by atoms with Crippen LogP contribution in [0.1, 0.15) is 11.1 Å². The second-order valence-electron chi connectivity index (χ2n) is 7.19. The van der Waals surface area contributed by atoms with Gasteiger partial charge in [0.05, 0.1) is 17.4 Å². The Kier molecular flexibility index (Phi) is 4.06. The van der Waals surface area contributed by atoms with Gasteiger partial charge in [0.1, 0.15) is 0 Å². The first-order valence-corrected chi connectivity index (χ1v) is 10.1. The van der Waals surface area contributed by atoms with E-state index < -0.39 is 11.8 Å². The first-order valence-electron chi connectivity index (χ1n) is 9.15. The normalized spacial score (nSPS) is 14.4. The number of nitrogens with zero attached hydrogens (tertiary/aromatic N) is 3. The van der Waals surface area contributed by atoms with E-state index in [1.54, 1.807) is 46.6 Å². The number of rotatable bonds is 3. The Hall–Kier alpha value is -3.10. The fraction of sp³-hybridized carbons (Fsp3) is 0.136. The summed E-state index contributed by atoms with van der Waals surface area (Å²) in [6, 6.07) is 12.9. The molecule has 152 valence electrons. The number of aliphatic hydroxyl groups is 1. The van der Waals surface area contributed by atoms with Gasteiger partial charge < -0.3 is 9.67 Å². The lowest BCUT2D eigenvalue weighted by molar-refractivity contribution is -0.247. The highest BCUT2D eigenvalue weighted by molar-refractivity contribution is 7.08. The van der Waals surface area contributed by atoms with E-state index in [0.29, 0.717) is 21.8 Å². The van der Waals surface area contributed by atoms with Crippen LogP contribution < -0.4 is 0 Å². The van der Waals surface area contributed by atoms with Gasteiger partial charge >= 0.3 is 6.18 Å². The number of thiophene rings is 1. The maximum atomic E-state index is 14.4. The first kappa shape index (κ1) is 18.9. The molecule has 4 nitrogen and oxygen atoms in total. The molecule has 5 aromatic rings. The van der Waals surface area contributed by atoms with Crippen molar-refractivity contribution in [2.75, 3.05) is 0 Å². The highest BCUT2D eigenvalue weighted by Crippen LogP contribution is 2.47. The quantitative estimate of drug-likeness (QED) is 0.420. The van der Waals surface area contributed by atoms with E-state index in [1.807, 2.05) is 16.8 Å². The maximum absolute atomic E-state index is 14.4. The second-order valence-corrected chi connectivity index (χ2v) is 7.97. The lowest BCUT2D eigenvalue weighted by Gasteiger charge is -2.31. The van der Waals surface area contributed by atoms with Crippen LogP contribution in [0.2, 0.25) is 0 Å². The highest BCUT2D eigenvalue weighted by Gasteiger charge is 2.57. The molecule has 5 rings (SSSR count). The Morgan fingerprint density at radius 2 is 1.83 bits per heavy atom. The zero-order valence-electron chi connectivity index (χ0n) is 15.8. The Labute approximate surface area is 173 Å². The van der Waals surface area contributed by atoms with Crippen molar-refractivity contribution in [2.45, 2.75) is 11.8 Å². The van der Waals surface area contributed by atoms with Gasteiger partial charge in [-0.25, -0.2) is 4.68 Å². The summed E-state index contributed by atoms with van der Waals surface area (Å²) in [6.07, 6.45) is -2.07. The number of para-hydroxylation sites is 1. The van der Waals surface area contributed by atoms with Crippen LogP contribution >= 0.6 is 11.3 Å². The fourth-order valence-electron chi connectivity index (χ4n) is 3.94. The van der Waals surface area contributed by atoms with Crippen molar-refractivity contribution in [2.24, 2.45) is 7.05 Å². The Bertz CT molecular complexity index is 1370. The van der Waals surface area contributed by atoms with Crippen LogP contribution in [0.15, 0.2) is 71.7 Å². The average Bonchev–Trinajstić information content (AvgIpc) is 3.45. The molecule has 0 saturated carbocycles. The van der Waals surface area contributed by atoms with Crippen molar-refractivity contribution in [1.82, 2.24) is 14.3 Å². The lowest BCUT2D eigenvalue weighted by atomic mass is 9.85. The van der Waals surface area contributed by atoms with Gasteiger partial charge in [-0.1, -0.05) is 24.3 Å². The minimum Gasteiger partial charge on any atom is -0.372 e. The van der Waals surface area contributed by atoms with E-state index in [1.165, 1.54) is 35.9 Å². The zero-order valence-corrected chi connectivity index (χ0v) is 16.6. The average molecular weight is 427 g/mol. The van der Waals surface area contributed by atoms with Gasteiger partial charge in [-0.2, -0.15) is 29.6 Å². The predicted octanol–water partition coefficient (Wildman–Crippen LogP) is 5.38. The van der Waals surface area contributed by atoms with E-state index in [0.717, 1.165) is 5.69 Å². The molecule has 0 fully saturated rings. The number of halogens is 3. The molecular weight excluding hydrogens is 411 g/mol. The largest absolute Gasteiger partial charge is 0.425 e. The molecule has 1 atom stereocenters. The smallest absolute Gasteiger partial charge is 0.372 e. The van der Waals surface area contributed by atoms with Crippen molar-refractivity contribution >= 4 is 33.1 Å². The molecular formula is C22H16F3N3OS. The highest BCUT2D eigenvalue weighted by atomic mass is 32.1. The number of benzene rings is 2. The molecule has 0 aliphatic heterocycles. The number of alkyl halides is 3. The van der Waals surface area contributed by atoms with Gasteiger partial charge in [0.15, 0.2) is 0 Å². The molecule has 30 heavy (non-hydrogen) atoms. The van der Waals surface area contributed by atoms with Crippen molar-refractivity contribution in [3.8, 4) is 5.69 Å². The molecule has 0 amide bonds. The number of aromatic nitrogens is 3. The Morgan fingerprint density at radius 1 is 1.03 bits per heavy atom. The van der Waals surface area contributed by atoms with Gasteiger partial charge in [-0.3, -0.25) is 0 Å². The summed E-state index contributed by atoms with van der Waals surface area (Å²) in [7, 11) is 1.66.